The summed E-state index contributed by atoms with van der Waals surface area (Å²) in [6.07, 6.45) is 3.81. The van der Waals surface area contributed by atoms with Gasteiger partial charge in [-0.15, -0.1) is 0 Å². The molecule has 0 spiro atoms. The van der Waals surface area contributed by atoms with Gasteiger partial charge >= 0.3 is 0 Å². The third-order valence-corrected chi connectivity index (χ3v) is 5.49. The van der Waals surface area contributed by atoms with Crippen molar-refractivity contribution in [2.24, 2.45) is 0 Å². The van der Waals surface area contributed by atoms with Crippen LogP contribution in [0.5, 0.6) is 0 Å². The molecule has 4 heterocycles. The van der Waals surface area contributed by atoms with Gasteiger partial charge < -0.3 is 9.55 Å². The molecule has 0 radical (unpaired) electrons. The zero-order valence-electron chi connectivity index (χ0n) is 14.4. The monoisotopic (exact) mass is 408 g/mol. The number of nitrogens with zero attached hydrogens (tertiary/aromatic N) is 5. The maximum atomic E-state index is 4.92. The molecule has 5 rings (SSSR count). The Morgan fingerprint density at radius 2 is 2.15 bits per heavy atom. The number of aryl methyl sites for hydroxylation is 1. The molecular formula is C19H17BrN6. The fraction of sp³-hybridized carbons (Fsp3) is 0.211. The molecule has 0 aliphatic carbocycles. The Hall–Kier alpha value is -2.67. The Labute approximate surface area is 159 Å². The number of hydrogen-bond acceptors (Lipinski definition) is 3. The van der Waals surface area contributed by atoms with Gasteiger partial charge in [-0.25, -0.2) is 14.6 Å². The van der Waals surface area contributed by atoms with Crippen LogP contribution in [0.2, 0.25) is 0 Å². The van der Waals surface area contributed by atoms with E-state index < -0.39 is 0 Å². The molecule has 7 heteroatoms. The highest BCUT2D eigenvalue weighted by Gasteiger charge is 2.26. The lowest BCUT2D eigenvalue weighted by atomic mass is 10.1. The molecular weight excluding hydrogens is 392 g/mol. The molecule has 3 aromatic heterocycles. The maximum absolute atomic E-state index is 4.92. The Morgan fingerprint density at radius 1 is 1.27 bits per heavy atom. The van der Waals surface area contributed by atoms with E-state index in [9.17, 15) is 0 Å². The number of benzene rings is 1. The second-order valence-corrected chi connectivity index (χ2v) is 7.52. The summed E-state index contributed by atoms with van der Waals surface area (Å²) in [5.41, 5.74) is 5.39. The smallest absolute Gasteiger partial charge is 0.160 e. The fourth-order valence-corrected chi connectivity index (χ4v) is 3.87. The molecule has 1 N–H and O–H groups in total. The van der Waals surface area contributed by atoms with Crippen LogP contribution in [0.25, 0.3) is 17.1 Å². The average Bonchev–Trinajstić information content (AvgIpc) is 3.35. The molecule has 0 bridgehead atoms. The lowest BCUT2D eigenvalue weighted by Crippen LogP contribution is -2.07. The first-order chi connectivity index (χ1) is 12.6. The van der Waals surface area contributed by atoms with Crippen molar-refractivity contribution in [3.8, 4) is 17.1 Å². The highest BCUT2D eigenvalue weighted by Crippen LogP contribution is 2.34. The summed E-state index contributed by atoms with van der Waals surface area (Å²) < 4.78 is 5.15. The standard InChI is InChI=1S/C19H17BrN6/c1-11(15-4-3-7-21-15)18-23-19-14-8-13(20)5-6-16(14)25-10-22-12(2)17(25)9-26(19)24-18/h3-8,10-11,21H,9H2,1-2H3. The number of nitrogens with one attached hydrogen (secondary N) is 1. The number of fused-ring (bicyclic) bond motifs is 5. The van der Waals surface area contributed by atoms with E-state index in [-0.39, 0.29) is 5.92 Å². The second-order valence-electron chi connectivity index (χ2n) is 6.61. The Bertz CT molecular complexity index is 1110. The van der Waals surface area contributed by atoms with Crippen LogP contribution in [0.15, 0.2) is 47.3 Å². The van der Waals surface area contributed by atoms with Crippen molar-refractivity contribution in [2.75, 3.05) is 0 Å². The molecule has 26 heavy (non-hydrogen) atoms. The number of imidazole rings is 1. The van der Waals surface area contributed by atoms with Gasteiger partial charge in [0.1, 0.15) is 0 Å². The molecule has 0 fully saturated rings. The summed E-state index contributed by atoms with van der Waals surface area (Å²) in [6.45, 7) is 4.81. The molecule has 1 aliphatic rings. The zero-order chi connectivity index (χ0) is 17.8. The minimum Gasteiger partial charge on any atom is -0.364 e. The van der Waals surface area contributed by atoms with Gasteiger partial charge in [0.25, 0.3) is 0 Å². The first-order valence-corrected chi connectivity index (χ1v) is 9.32. The van der Waals surface area contributed by atoms with E-state index >= 15 is 0 Å². The van der Waals surface area contributed by atoms with Crippen molar-refractivity contribution in [3.63, 3.8) is 0 Å². The third-order valence-electron chi connectivity index (χ3n) is 5.00. The van der Waals surface area contributed by atoms with Gasteiger partial charge in [0.05, 0.1) is 35.9 Å². The van der Waals surface area contributed by atoms with E-state index in [2.05, 4.69) is 55.6 Å². The predicted octanol–water partition coefficient (Wildman–Crippen LogP) is 4.04. The summed E-state index contributed by atoms with van der Waals surface area (Å²) in [7, 11) is 0. The molecule has 4 aromatic rings. The van der Waals surface area contributed by atoms with Gasteiger partial charge in [-0.3, -0.25) is 0 Å². The Balaban J connectivity index is 1.73. The van der Waals surface area contributed by atoms with E-state index in [1.807, 2.05) is 36.3 Å². The van der Waals surface area contributed by atoms with E-state index in [1.54, 1.807) is 0 Å². The normalized spacial score (nSPS) is 13.7. The van der Waals surface area contributed by atoms with Gasteiger partial charge in [0.15, 0.2) is 11.6 Å². The molecule has 1 aliphatic heterocycles. The SMILES string of the molecule is Cc1ncn2c1Cn1nc(C(C)c3ccc[nH]3)nc1-c1cc(Br)ccc1-2. The van der Waals surface area contributed by atoms with Crippen LogP contribution < -0.4 is 0 Å². The number of aromatic nitrogens is 6. The van der Waals surface area contributed by atoms with Gasteiger partial charge in [0, 0.05) is 21.9 Å². The van der Waals surface area contributed by atoms with Gasteiger partial charge in [-0.2, -0.15) is 5.10 Å². The van der Waals surface area contributed by atoms with Crippen LogP contribution in [-0.2, 0) is 6.54 Å². The van der Waals surface area contributed by atoms with Crippen LogP contribution in [0.4, 0.5) is 0 Å². The highest BCUT2D eigenvalue weighted by atomic mass is 79.9. The van der Waals surface area contributed by atoms with Crippen molar-refractivity contribution in [1.29, 1.82) is 0 Å². The van der Waals surface area contributed by atoms with E-state index in [0.717, 1.165) is 44.5 Å². The zero-order valence-corrected chi connectivity index (χ0v) is 16.0. The Kier molecular flexibility index (Phi) is 3.40. The molecule has 0 saturated carbocycles. The summed E-state index contributed by atoms with van der Waals surface area (Å²) in [5, 5.41) is 4.84. The van der Waals surface area contributed by atoms with Crippen LogP contribution in [-0.4, -0.2) is 29.3 Å². The molecule has 0 saturated heterocycles. The van der Waals surface area contributed by atoms with Crippen molar-refractivity contribution in [3.05, 3.63) is 70.2 Å². The van der Waals surface area contributed by atoms with E-state index in [1.165, 1.54) is 0 Å². The number of aromatic amines is 1. The Morgan fingerprint density at radius 3 is 2.96 bits per heavy atom. The number of H-pyrrole nitrogens is 1. The predicted molar refractivity (Wildman–Crippen MR) is 102 cm³/mol. The summed E-state index contributed by atoms with van der Waals surface area (Å²) in [6, 6.07) is 10.3. The van der Waals surface area contributed by atoms with Gasteiger partial charge in [-0.05, 0) is 44.2 Å². The van der Waals surface area contributed by atoms with Crippen molar-refractivity contribution < 1.29 is 0 Å². The average molecular weight is 409 g/mol. The van der Waals surface area contributed by atoms with Gasteiger partial charge in [-0.1, -0.05) is 15.9 Å². The van der Waals surface area contributed by atoms with Crippen LogP contribution in [0, 0.1) is 6.92 Å². The fourth-order valence-electron chi connectivity index (χ4n) is 3.51. The first kappa shape index (κ1) is 15.6. The van der Waals surface area contributed by atoms with Crippen LogP contribution >= 0.6 is 15.9 Å². The summed E-state index contributed by atoms with van der Waals surface area (Å²) in [5.74, 6) is 1.81. The van der Waals surface area contributed by atoms with E-state index in [0.29, 0.717) is 6.54 Å². The van der Waals surface area contributed by atoms with Crippen LogP contribution in [0.1, 0.15) is 35.7 Å². The lowest BCUT2D eigenvalue weighted by molar-refractivity contribution is 0.651. The molecule has 130 valence electrons. The first-order valence-electron chi connectivity index (χ1n) is 8.53. The van der Waals surface area contributed by atoms with Crippen molar-refractivity contribution in [2.45, 2.75) is 26.3 Å². The van der Waals surface area contributed by atoms with Crippen LogP contribution in [0.3, 0.4) is 0 Å². The lowest BCUT2D eigenvalue weighted by Gasteiger charge is -2.09. The minimum absolute atomic E-state index is 0.103. The van der Waals surface area contributed by atoms with Gasteiger partial charge in [0.2, 0.25) is 0 Å². The molecule has 1 atom stereocenters. The summed E-state index contributed by atoms with van der Waals surface area (Å²) >= 11 is 3.59. The summed E-state index contributed by atoms with van der Waals surface area (Å²) in [4.78, 5) is 12.7. The molecule has 1 aromatic carbocycles. The minimum atomic E-state index is 0.103. The third kappa shape index (κ3) is 2.27. The number of halogens is 1. The van der Waals surface area contributed by atoms with Crippen molar-refractivity contribution in [1.82, 2.24) is 29.3 Å². The largest absolute Gasteiger partial charge is 0.364 e. The van der Waals surface area contributed by atoms with Crippen molar-refractivity contribution >= 4 is 15.9 Å². The topological polar surface area (TPSA) is 64.3 Å². The highest BCUT2D eigenvalue weighted by molar-refractivity contribution is 9.10. The second kappa shape index (κ2) is 5.67. The molecule has 0 amide bonds. The number of rotatable bonds is 2. The molecule has 1 unspecified atom stereocenters. The quantitative estimate of drug-likeness (QED) is 0.479. The van der Waals surface area contributed by atoms with E-state index in [4.69, 9.17) is 10.1 Å². The maximum Gasteiger partial charge on any atom is 0.160 e. The number of hydrogen-bond donors (Lipinski definition) is 1. The molecule has 6 nitrogen and oxygen atoms in total.